The van der Waals surface area contributed by atoms with Crippen LogP contribution in [0.3, 0.4) is 0 Å². The number of unbranched alkanes of at least 4 members (excludes halogenated alkanes) is 14. The molecule has 4 atom stereocenters. The summed E-state index contributed by atoms with van der Waals surface area (Å²) in [6, 6.07) is -4.34. The average Bonchev–Trinajstić information content (AvgIpc) is 3.39. The third-order valence-corrected chi connectivity index (χ3v) is 12.9. The van der Waals surface area contributed by atoms with Crippen LogP contribution >= 0.6 is 22.9 Å². The molecule has 0 spiro atoms. The zero-order valence-electron chi connectivity index (χ0n) is 46.1. The van der Waals surface area contributed by atoms with Crippen molar-refractivity contribution in [2.45, 2.75) is 192 Å². The number of carboxylic acid groups (broad SMARTS) is 4. The second kappa shape index (κ2) is 49.9. The number of carbonyl (C=O) groups is 11. The molecule has 0 aromatic rings. The van der Waals surface area contributed by atoms with Crippen LogP contribution in [0.4, 0.5) is 0 Å². The Kier molecular flexibility index (Phi) is 46.7. The number of rotatable bonds is 55. The third kappa shape index (κ3) is 46.4. The molecule has 79 heavy (non-hydrogen) atoms. The van der Waals surface area contributed by atoms with Gasteiger partial charge in [-0.3, -0.25) is 41.9 Å². The van der Waals surface area contributed by atoms with E-state index in [1.165, 1.54) is 39.0 Å². The van der Waals surface area contributed by atoms with Crippen molar-refractivity contribution in [2.75, 3.05) is 72.5 Å². The normalized spacial score (nSPS) is 12.5. The summed E-state index contributed by atoms with van der Waals surface area (Å²) in [6.45, 7) is 1.82. The molecule has 0 fully saturated rings. The van der Waals surface area contributed by atoms with Crippen molar-refractivity contribution >= 4 is 88.0 Å². The van der Waals surface area contributed by atoms with Crippen molar-refractivity contribution < 1.29 is 92.1 Å². The highest BCUT2D eigenvalue weighted by Gasteiger charge is 2.25. The summed E-state index contributed by atoms with van der Waals surface area (Å²) in [5.41, 5.74) is 0. The Bertz CT molecular complexity index is 1800. The van der Waals surface area contributed by atoms with Gasteiger partial charge in [-0.15, -0.1) is 0 Å². The van der Waals surface area contributed by atoms with Crippen molar-refractivity contribution in [3.8, 4) is 0 Å². The van der Waals surface area contributed by atoms with Gasteiger partial charge in [0.05, 0.1) is 45.7 Å². The summed E-state index contributed by atoms with van der Waals surface area (Å²) >= 11 is 1.91. The van der Waals surface area contributed by atoms with E-state index in [-0.39, 0.29) is 122 Å². The fraction of sp³-hybridized carbons (Fsp3) is 0.788. The number of carbonyl (C=O) groups excluding carboxylic acids is 7. The zero-order chi connectivity index (χ0) is 58.9. The zero-order valence-corrected chi connectivity index (χ0v) is 48.2. The molecule has 0 unspecified atom stereocenters. The number of amides is 6. The summed E-state index contributed by atoms with van der Waals surface area (Å²) < 4.78 is 24.1. The summed E-state index contributed by atoms with van der Waals surface area (Å²) in [4.78, 5) is 131. The highest BCUT2D eigenvalue weighted by atomic mass is 127. The summed E-state index contributed by atoms with van der Waals surface area (Å²) in [7, 11) is 0. The third-order valence-electron chi connectivity index (χ3n) is 12.1. The molecule has 0 heterocycles. The van der Waals surface area contributed by atoms with Crippen LogP contribution < -0.4 is 35.4 Å². The van der Waals surface area contributed by atoms with Crippen LogP contribution in [0.1, 0.15) is 167 Å². The predicted molar refractivity (Wildman–Crippen MR) is 296 cm³/mol. The quantitative estimate of drug-likeness (QED) is 0.0237. The van der Waals surface area contributed by atoms with Gasteiger partial charge < -0.3 is 71.3 Å². The van der Waals surface area contributed by atoms with E-state index < -0.39 is 84.6 Å². The predicted octanol–water partition coefficient (Wildman–Crippen LogP) is 2.84. The molecule has 6 amide bonds. The molecule has 0 bridgehead atoms. The van der Waals surface area contributed by atoms with Crippen LogP contribution in [0.2, 0.25) is 0 Å². The molecule has 26 nitrogen and oxygen atoms in total. The van der Waals surface area contributed by atoms with E-state index in [2.05, 4.69) is 35.4 Å². The first-order chi connectivity index (χ1) is 37.9. The molecule has 11 N–H and O–H groups in total. The van der Waals surface area contributed by atoms with Gasteiger partial charge in [0.2, 0.25) is 35.4 Å². The van der Waals surface area contributed by atoms with E-state index in [1.807, 2.05) is 22.9 Å². The molecular weight excluding hydrogens is 1150 g/mol. The maximum atomic E-state index is 12.5. The second-order valence-electron chi connectivity index (χ2n) is 19.0. The van der Waals surface area contributed by atoms with Crippen LogP contribution in [0.15, 0.2) is 0 Å². The molecule has 0 rings (SSSR count). The highest BCUT2D eigenvalue weighted by molar-refractivity contribution is 14.1. The SMILES string of the molecule is CC(=O)[C@H](CCCCNC(=O)CC[C@H](NC(=O)CC[C@H](NC(=O)COCCOCCNC(=O)COCCOCCNC(=O)CC[C@H](NC(=O)CCCCCCCCCCCCCCCCC(=O)O)C(=O)O)C(=O)O)C(=O)O)NI. The maximum absolute atomic E-state index is 12.5. The number of carboxylic acids is 4. The van der Waals surface area contributed by atoms with Crippen molar-refractivity contribution in [3.05, 3.63) is 0 Å². The molecule has 0 aromatic heterocycles. The van der Waals surface area contributed by atoms with Crippen molar-refractivity contribution in [3.63, 3.8) is 0 Å². The molecule has 0 aliphatic heterocycles. The first-order valence-electron chi connectivity index (χ1n) is 27.6. The van der Waals surface area contributed by atoms with Crippen molar-refractivity contribution in [2.24, 2.45) is 0 Å². The van der Waals surface area contributed by atoms with E-state index in [4.69, 9.17) is 24.1 Å². The van der Waals surface area contributed by atoms with Gasteiger partial charge in [0.1, 0.15) is 37.1 Å². The number of nitrogens with one attached hydrogen (secondary N) is 7. The molecule has 454 valence electrons. The fourth-order valence-corrected chi connectivity index (χ4v) is 8.36. The molecule has 0 radical (unpaired) electrons. The maximum Gasteiger partial charge on any atom is 0.326 e. The van der Waals surface area contributed by atoms with Gasteiger partial charge in [-0.2, -0.15) is 0 Å². The highest BCUT2D eigenvalue weighted by Crippen LogP contribution is 2.14. The Balaban J connectivity index is 3.97. The van der Waals surface area contributed by atoms with Crippen LogP contribution in [-0.2, 0) is 71.7 Å². The number of halogens is 1. The van der Waals surface area contributed by atoms with Gasteiger partial charge >= 0.3 is 23.9 Å². The van der Waals surface area contributed by atoms with Gasteiger partial charge in [0, 0.05) is 74.6 Å². The van der Waals surface area contributed by atoms with Crippen molar-refractivity contribution in [1.82, 2.24) is 35.4 Å². The molecular formula is C52H90IN7O19. The first-order valence-corrected chi connectivity index (χ1v) is 28.7. The minimum atomic E-state index is -1.48. The lowest BCUT2D eigenvalue weighted by atomic mass is 10.0. The van der Waals surface area contributed by atoms with Crippen LogP contribution in [0, 0.1) is 0 Å². The summed E-state index contributed by atoms with van der Waals surface area (Å²) in [5, 5.41) is 52.2. The first kappa shape index (κ1) is 73.9. The van der Waals surface area contributed by atoms with Gasteiger partial charge in [-0.25, -0.2) is 14.4 Å². The van der Waals surface area contributed by atoms with E-state index >= 15 is 0 Å². The monoisotopic (exact) mass is 1240 g/mol. The van der Waals surface area contributed by atoms with Crippen LogP contribution in [-0.4, -0.2) is 182 Å². The second-order valence-corrected chi connectivity index (χ2v) is 19.6. The molecule has 0 aliphatic carbocycles. The average molecular weight is 1240 g/mol. The number of hydrogen-bond acceptors (Lipinski definition) is 16. The molecule has 0 aromatic carbocycles. The molecule has 0 aliphatic rings. The number of hydrogen-bond donors (Lipinski definition) is 11. The Labute approximate surface area is 477 Å². The number of ketones is 1. The Morgan fingerprint density at radius 2 is 0.709 bits per heavy atom. The van der Waals surface area contributed by atoms with Gasteiger partial charge in [-0.05, 0) is 58.3 Å². The van der Waals surface area contributed by atoms with E-state index in [0.29, 0.717) is 32.2 Å². The number of aliphatic carboxylic acids is 4. The van der Waals surface area contributed by atoms with E-state index in [9.17, 15) is 68.1 Å². The lowest BCUT2D eigenvalue weighted by Gasteiger charge is -2.17. The standard InChI is InChI=1S/C52H90IN7O19/c1-38(61)39(60-53)18-16-17-27-54-43(62)24-21-41(51(72)73)58-46(65)26-23-42(52(74)75)59-48(67)37-79-35-33-77-31-29-56-47(66)36-78-34-32-76-30-28-55-44(63)25-22-40(50(70)71)57-45(64)19-14-12-10-8-6-4-2-3-5-7-9-11-13-15-20-49(68)69/h39-42,60H,2-37H2,1H3,(H,54,62)(H,55,63)(H,56,66)(H,57,64)(H,58,65)(H,59,67)(H,68,69)(H,70,71)(H,72,73)(H,74,75)/t39-,40-,41-,42-/m0/s1. The Hall–Kier alpha value is -5.10. The van der Waals surface area contributed by atoms with Crippen LogP contribution in [0.5, 0.6) is 0 Å². The minimum Gasteiger partial charge on any atom is -0.481 e. The largest absolute Gasteiger partial charge is 0.481 e. The van der Waals surface area contributed by atoms with Gasteiger partial charge in [0.25, 0.3) is 0 Å². The van der Waals surface area contributed by atoms with E-state index in [0.717, 1.165) is 51.4 Å². The van der Waals surface area contributed by atoms with Crippen LogP contribution in [0.25, 0.3) is 0 Å². The smallest absolute Gasteiger partial charge is 0.326 e. The number of Topliss-reactive ketones (excluding diaryl/α,β-unsaturated/α-hetero) is 1. The Morgan fingerprint density at radius 1 is 0.354 bits per heavy atom. The molecule has 0 saturated heterocycles. The molecule has 0 saturated carbocycles. The van der Waals surface area contributed by atoms with Gasteiger partial charge in [-0.1, -0.05) is 77.0 Å². The summed E-state index contributed by atoms with van der Waals surface area (Å²) in [6.07, 6.45) is 15.8. The van der Waals surface area contributed by atoms with Crippen molar-refractivity contribution in [1.29, 1.82) is 0 Å². The lowest BCUT2D eigenvalue weighted by Crippen LogP contribution is -2.45. The minimum absolute atomic E-state index is 0.00895. The summed E-state index contributed by atoms with van der Waals surface area (Å²) in [5.74, 6) is -7.90. The van der Waals surface area contributed by atoms with Gasteiger partial charge in [0.15, 0.2) is 0 Å². The number of ether oxygens (including phenoxy) is 4. The van der Waals surface area contributed by atoms with E-state index in [1.54, 1.807) is 0 Å². The molecule has 27 heteroatoms. The fourth-order valence-electron chi connectivity index (χ4n) is 7.61. The lowest BCUT2D eigenvalue weighted by molar-refractivity contribution is -0.144. The Morgan fingerprint density at radius 3 is 1.13 bits per heavy atom. The topological polar surface area (TPSA) is 390 Å².